The Morgan fingerprint density at radius 1 is 1.04 bits per heavy atom. The topological polar surface area (TPSA) is 56.3 Å². The number of aromatic nitrogens is 1. The second-order valence-electron chi connectivity index (χ2n) is 6.93. The molecule has 0 bridgehead atoms. The summed E-state index contributed by atoms with van der Waals surface area (Å²) >= 11 is 5.95. The summed E-state index contributed by atoms with van der Waals surface area (Å²) in [5, 5.41) is 14.3. The van der Waals surface area contributed by atoms with Crippen molar-refractivity contribution in [1.82, 2.24) is 10.1 Å². The van der Waals surface area contributed by atoms with Crippen molar-refractivity contribution in [2.75, 3.05) is 31.1 Å². The molecular weight excluding hydrogens is 372 g/mol. The number of anilines is 1. The Labute approximate surface area is 169 Å². The van der Waals surface area contributed by atoms with Crippen LogP contribution in [0.15, 0.2) is 59.1 Å². The zero-order valence-electron chi connectivity index (χ0n) is 15.5. The number of halogens is 1. The molecule has 4 rings (SSSR count). The third kappa shape index (κ3) is 4.19. The maximum atomic E-state index is 9.36. The lowest BCUT2D eigenvalue weighted by atomic mass is 10.1. The fraction of sp³-hybridized carbons (Fsp3) is 0.273. The predicted molar refractivity (Wildman–Crippen MR) is 110 cm³/mol. The molecule has 142 valence electrons. The van der Waals surface area contributed by atoms with E-state index in [0.29, 0.717) is 5.02 Å². The Bertz CT molecular complexity index is 977. The maximum Gasteiger partial charge on any atom is 0.151 e. The van der Waals surface area contributed by atoms with Crippen LogP contribution in [0.25, 0.3) is 11.3 Å². The van der Waals surface area contributed by atoms with E-state index in [9.17, 15) is 5.26 Å². The third-order valence-corrected chi connectivity index (χ3v) is 5.28. The molecule has 2 heterocycles. The van der Waals surface area contributed by atoms with E-state index in [-0.39, 0.29) is 0 Å². The van der Waals surface area contributed by atoms with Gasteiger partial charge >= 0.3 is 0 Å². The average molecular weight is 393 g/mol. The summed E-state index contributed by atoms with van der Waals surface area (Å²) in [6.45, 7) is 4.46. The lowest BCUT2D eigenvalue weighted by Gasteiger charge is -2.24. The van der Waals surface area contributed by atoms with Crippen LogP contribution in [0.2, 0.25) is 5.02 Å². The van der Waals surface area contributed by atoms with Crippen molar-refractivity contribution in [2.45, 2.75) is 13.0 Å². The number of rotatable bonds is 4. The zero-order valence-corrected chi connectivity index (χ0v) is 16.3. The first-order valence-electron chi connectivity index (χ1n) is 9.41. The summed E-state index contributed by atoms with van der Waals surface area (Å²) in [5.41, 5.74) is 3.58. The van der Waals surface area contributed by atoms with Gasteiger partial charge in [0.15, 0.2) is 5.76 Å². The molecule has 0 amide bonds. The van der Waals surface area contributed by atoms with E-state index in [1.807, 2.05) is 54.6 Å². The molecule has 1 aromatic heterocycles. The van der Waals surface area contributed by atoms with Gasteiger partial charge in [-0.15, -0.1) is 0 Å². The molecule has 1 aliphatic heterocycles. The van der Waals surface area contributed by atoms with Crippen LogP contribution >= 0.6 is 11.6 Å². The Morgan fingerprint density at radius 2 is 1.86 bits per heavy atom. The molecule has 0 atom stereocenters. The van der Waals surface area contributed by atoms with Gasteiger partial charge in [0, 0.05) is 42.8 Å². The minimum absolute atomic E-state index is 0.708. The number of hydrogen-bond acceptors (Lipinski definition) is 5. The first kappa shape index (κ1) is 18.5. The highest BCUT2D eigenvalue weighted by molar-refractivity contribution is 6.30. The van der Waals surface area contributed by atoms with Crippen molar-refractivity contribution in [2.24, 2.45) is 0 Å². The van der Waals surface area contributed by atoms with Crippen molar-refractivity contribution in [1.29, 1.82) is 5.26 Å². The van der Waals surface area contributed by atoms with E-state index in [2.05, 4.69) is 21.0 Å². The van der Waals surface area contributed by atoms with Gasteiger partial charge in [-0.25, -0.2) is 0 Å². The van der Waals surface area contributed by atoms with Crippen LogP contribution < -0.4 is 4.90 Å². The van der Waals surface area contributed by atoms with E-state index in [0.717, 1.165) is 67.4 Å². The van der Waals surface area contributed by atoms with Crippen LogP contribution in [-0.4, -0.2) is 36.2 Å². The summed E-state index contributed by atoms with van der Waals surface area (Å²) in [6, 6.07) is 19.7. The molecule has 6 heteroatoms. The molecule has 0 saturated carbocycles. The second-order valence-corrected chi connectivity index (χ2v) is 7.37. The van der Waals surface area contributed by atoms with Gasteiger partial charge in [-0.3, -0.25) is 4.90 Å². The van der Waals surface area contributed by atoms with Crippen LogP contribution in [0.1, 0.15) is 17.7 Å². The first-order chi connectivity index (χ1) is 13.7. The van der Waals surface area contributed by atoms with Crippen molar-refractivity contribution in [3.05, 3.63) is 70.9 Å². The molecule has 0 N–H and O–H groups in total. The number of hydrogen-bond donors (Lipinski definition) is 0. The summed E-state index contributed by atoms with van der Waals surface area (Å²) < 4.78 is 5.56. The van der Waals surface area contributed by atoms with Crippen molar-refractivity contribution < 1.29 is 4.52 Å². The largest absolute Gasteiger partial charge is 0.369 e. The van der Waals surface area contributed by atoms with Gasteiger partial charge in [-0.05, 0) is 30.7 Å². The highest BCUT2D eigenvalue weighted by Crippen LogP contribution is 2.24. The minimum atomic E-state index is 0.708. The SMILES string of the molecule is N#Cc1ccccc1N1CCCN(Cc2cc(-c3ccc(Cl)cc3)no2)CC1. The summed E-state index contributed by atoms with van der Waals surface area (Å²) in [6.07, 6.45) is 1.04. The van der Waals surface area contributed by atoms with Crippen LogP contribution in [-0.2, 0) is 6.54 Å². The van der Waals surface area contributed by atoms with Crippen LogP contribution in [0, 0.1) is 11.3 Å². The number of nitrogens with zero attached hydrogens (tertiary/aromatic N) is 4. The van der Waals surface area contributed by atoms with Gasteiger partial charge in [0.1, 0.15) is 11.8 Å². The molecule has 0 spiro atoms. The smallest absolute Gasteiger partial charge is 0.151 e. The molecular formula is C22H21ClN4O. The molecule has 28 heavy (non-hydrogen) atoms. The lowest BCUT2D eigenvalue weighted by Crippen LogP contribution is -2.30. The van der Waals surface area contributed by atoms with Crippen molar-refractivity contribution in [3.63, 3.8) is 0 Å². The van der Waals surface area contributed by atoms with E-state index in [1.54, 1.807) is 0 Å². The first-order valence-corrected chi connectivity index (χ1v) is 9.79. The Morgan fingerprint density at radius 3 is 2.68 bits per heavy atom. The quantitative estimate of drug-likeness (QED) is 0.650. The van der Waals surface area contributed by atoms with Gasteiger partial charge in [0.05, 0.1) is 17.8 Å². The minimum Gasteiger partial charge on any atom is -0.369 e. The molecule has 3 aromatic rings. The lowest BCUT2D eigenvalue weighted by molar-refractivity contribution is 0.245. The van der Waals surface area contributed by atoms with Gasteiger partial charge < -0.3 is 9.42 Å². The number of benzene rings is 2. The van der Waals surface area contributed by atoms with E-state index in [1.165, 1.54) is 0 Å². The fourth-order valence-corrected chi connectivity index (χ4v) is 3.70. The van der Waals surface area contributed by atoms with Gasteiger partial charge in [-0.1, -0.05) is 41.0 Å². The van der Waals surface area contributed by atoms with Crippen molar-refractivity contribution >= 4 is 17.3 Å². The molecule has 0 aliphatic carbocycles. The number of nitriles is 1. The molecule has 1 aliphatic rings. The molecule has 0 radical (unpaired) electrons. The molecule has 2 aromatic carbocycles. The normalized spacial score (nSPS) is 15.2. The van der Waals surface area contributed by atoms with Crippen molar-refractivity contribution in [3.8, 4) is 17.3 Å². The van der Waals surface area contributed by atoms with E-state index < -0.39 is 0 Å². The van der Waals surface area contributed by atoms with Gasteiger partial charge in [0.2, 0.25) is 0 Å². The highest BCUT2D eigenvalue weighted by atomic mass is 35.5. The standard InChI is InChI=1S/C22H21ClN4O/c23-19-8-6-17(7-9-19)21-14-20(28-25-21)16-26-10-3-11-27(13-12-26)22-5-2-1-4-18(22)15-24/h1-2,4-9,14H,3,10-13,16H2. The van der Waals surface area contributed by atoms with Gasteiger partial charge in [-0.2, -0.15) is 5.26 Å². The summed E-state index contributed by atoms with van der Waals surface area (Å²) in [4.78, 5) is 4.68. The Kier molecular flexibility index (Phi) is 5.61. The number of para-hydroxylation sites is 1. The predicted octanol–water partition coefficient (Wildman–Crippen LogP) is 4.58. The average Bonchev–Trinajstić information content (AvgIpc) is 3.06. The maximum absolute atomic E-state index is 9.36. The summed E-state index contributed by atoms with van der Waals surface area (Å²) in [7, 11) is 0. The van der Waals surface area contributed by atoms with E-state index >= 15 is 0 Å². The fourth-order valence-electron chi connectivity index (χ4n) is 3.58. The zero-order chi connectivity index (χ0) is 19.3. The van der Waals surface area contributed by atoms with Crippen LogP contribution in [0.5, 0.6) is 0 Å². The van der Waals surface area contributed by atoms with Gasteiger partial charge in [0.25, 0.3) is 0 Å². The molecule has 5 nitrogen and oxygen atoms in total. The second kappa shape index (κ2) is 8.47. The molecule has 1 fully saturated rings. The Hall–Kier alpha value is -2.81. The summed E-state index contributed by atoms with van der Waals surface area (Å²) in [5.74, 6) is 0.857. The highest BCUT2D eigenvalue weighted by Gasteiger charge is 2.19. The molecule has 1 saturated heterocycles. The Balaban J connectivity index is 1.40. The van der Waals surface area contributed by atoms with E-state index in [4.69, 9.17) is 16.1 Å². The molecule has 0 unspecified atom stereocenters. The third-order valence-electron chi connectivity index (χ3n) is 5.03. The van der Waals surface area contributed by atoms with Crippen LogP contribution in [0.3, 0.4) is 0 Å². The monoisotopic (exact) mass is 392 g/mol. The van der Waals surface area contributed by atoms with Crippen LogP contribution in [0.4, 0.5) is 5.69 Å².